The summed E-state index contributed by atoms with van der Waals surface area (Å²) in [5.74, 6) is -2.28. The molecule has 2 aromatic carbocycles. The summed E-state index contributed by atoms with van der Waals surface area (Å²) in [6.07, 6.45) is -5.00. The molecule has 1 amide bonds. The third-order valence-electron chi connectivity index (χ3n) is 5.83. The summed E-state index contributed by atoms with van der Waals surface area (Å²) >= 11 is 0. The Bertz CT molecular complexity index is 1270. The monoisotopic (exact) mass is 546 g/mol. The van der Waals surface area contributed by atoms with E-state index in [-0.39, 0.29) is 17.2 Å². The number of esters is 1. The van der Waals surface area contributed by atoms with Gasteiger partial charge in [0.2, 0.25) is 0 Å². The quantitative estimate of drug-likeness (QED) is 0.332. The molecule has 8 nitrogen and oxygen atoms in total. The number of benzene rings is 2. The fourth-order valence-corrected chi connectivity index (χ4v) is 3.74. The molecule has 0 fully saturated rings. The first-order valence-electron chi connectivity index (χ1n) is 12.0. The fourth-order valence-electron chi connectivity index (χ4n) is 3.74. The van der Waals surface area contributed by atoms with Crippen molar-refractivity contribution in [1.29, 1.82) is 0 Å². The minimum Gasteiger partial charge on any atom is -0.503 e. The van der Waals surface area contributed by atoms with E-state index in [2.05, 4.69) is 10.3 Å². The number of hydrogen-bond donors (Lipinski definition) is 2. The maximum atomic E-state index is 13.2. The van der Waals surface area contributed by atoms with Crippen LogP contribution in [0.2, 0.25) is 0 Å². The number of alkyl halides is 3. The molecule has 208 valence electrons. The number of pyridine rings is 1. The zero-order valence-corrected chi connectivity index (χ0v) is 21.7. The molecule has 0 saturated carbocycles. The molecule has 0 aliphatic carbocycles. The second-order valence-corrected chi connectivity index (χ2v) is 9.02. The molecule has 2 N–H and O–H groups in total. The average Bonchev–Trinajstić information content (AvgIpc) is 2.90. The van der Waals surface area contributed by atoms with Crippen LogP contribution in [0.1, 0.15) is 48.5 Å². The van der Waals surface area contributed by atoms with Crippen molar-refractivity contribution < 1.29 is 42.1 Å². The molecule has 1 heterocycles. The molecular formula is C28H29F3N2O6. The van der Waals surface area contributed by atoms with Gasteiger partial charge in [-0.1, -0.05) is 44.2 Å². The van der Waals surface area contributed by atoms with Crippen LogP contribution in [0.15, 0.2) is 66.9 Å². The van der Waals surface area contributed by atoms with Gasteiger partial charge in [-0.15, -0.1) is 0 Å². The zero-order chi connectivity index (χ0) is 28.7. The third kappa shape index (κ3) is 7.40. The van der Waals surface area contributed by atoms with Crippen molar-refractivity contribution in [3.8, 4) is 17.2 Å². The van der Waals surface area contributed by atoms with Gasteiger partial charge in [0, 0.05) is 12.3 Å². The van der Waals surface area contributed by atoms with E-state index >= 15 is 0 Å². The Morgan fingerprint density at radius 1 is 0.974 bits per heavy atom. The number of halogens is 3. The van der Waals surface area contributed by atoms with E-state index in [1.165, 1.54) is 31.5 Å². The Balaban J connectivity index is 1.79. The minimum absolute atomic E-state index is 0.0403. The number of nitrogens with zero attached hydrogens (tertiary/aromatic N) is 1. The van der Waals surface area contributed by atoms with Crippen LogP contribution in [0.4, 0.5) is 13.2 Å². The first kappa shape index (κ1) is 29.3. The molecule has 0 saturated heterocycles. The molecule has 3 rings (SSSR count). The highest BCUT2D eigenvalue weighted by atomic mass is 19.4. The van der Waals surface area contributed by atoms with Gasteiger partial charge in [0.1, 0.15) is 17.9 Å². The Hall–Kier alpha value is -4.28. The van der Waals surface area contributed by atoms with E-state index in [1.807, 2.05) is 0 Å². The number of methoxy groups -OCH3 is 1. The van der Waals surface area contributed by atoms with Gasteiger partial charge in [-0.3, -0.25) is 4.79 Å². The lowest BCUT2D eigenvalue weighted by atomic mass is 10.0. The van der Waals surface area contributed by atoms with Crippen LogP contribution in [0, 0.1) is 5.92 Å². The molecule has 3 atom stereocenters. The van der Waals surface area contributed by atoms with E-state index < -0.39 is 53.5 Å². The van der Waals surface area contributed by atoms with Gasteiger partial charge in [0.15, 0.2) is 23.3 Å². The standard InChI is InChI=1S/C28H29F3N2O6/c1-16(2)22(33-26(35)23-24(34)21(37-4)14-15-32-23)27(36)38-17(3)25(18-8-6-5-7-9-18)39-20-12-10-19(11-13-20)28(29,30)31/h5-17,22,25,34H,1-4H3,(H,33,35)/t17-,22-,25-/m0/s1. The number of ether oxygens (including phenoxy) is 3. The number of carbonyl (C=O) groups excluding carboxylic acids is 2. The summed E-state index contributed by atoms with van der Waals surface area (Å²) in [4.78, 5) is 29.9. The highest BCUT2D eigenvalue weighted by Gasteiger charge is 2.33. The van der Waals surface area contributed by atoms with E-state index in [1.54, 1.807) is 51.1 Å². The first-order chi connectivity index (χ1) is 18.4. The van der Waals surface area contributed by atoms with Crippen LogP contribution in [0.25, 0.3) is 0 Å². The predicted molar refractivity (Wildman–Crippen MR) is 135 cm³/mol. The molecule has 0 spiro atoms. The molecule has 1 aromatic heterocycles. The smallest absolute Gasteiger partial charge is 0.416 e. The van der Waals surface area contributed by atoms with Gasteiger partial charge in [0.05, 0.1) is 12.7 Å². The maximum absolute atomic E-state index is 13.2. The van der Waals surface area contributed by atoms with Crippen LogP contribution in [0.3, 0.4) is 0 Å². The Kier molecular flexibility index (Phi) is 9.39. The number of rotatable bonds is 10. The summed E-state index contributed by atoms with van der Waals surface area (Å²) in [7, 11) is 1.32. The van der Waals surface area contributed by atoms with Crippen LogP contribution in [-0.4, -0.2) is 41.2 Å². The molecule has 3 aromatic rings. The van der Waals surface area contributed by atoms with Crippen LogP contribution >= 0.6 is 0 Å². The van der Waals surface area contributed by atoms with Crippen LogP contribution < -0.4 is 14.8 Å². The number of aromatic nitrogens is 1. The molecule has 39 heavy (non-hydrogen) atoms. The van der Waals surface area contributed by atoms with Crippen molar-refractivity contribution in [2.24, 2.45) is 5.92 Å². The first-order valence-corrected chi connectivity index (χ1v) is 12.0. The Morgan fingerprint density at radius 2 is 1.62 bits per heavy atom. The third-order valence-corrected chi connectivity index (χ3v) is 5.83. The summed E-state index contributed by atoms with van der Waals surface area (Å²) in [5, 5.41) is 12.8. The van der Waals surface area contributed by atoms with Crippen molar-refractivity contribution in [3.63, 3.8) is 0 Å². The SMILES string of the molecule is COc1ccnc(C(=O)N[C@H](C(=O)O[C@@H](C)[C@H](Oc2ccc(C(F)(F)F)cc2)c2ccccc2)C(C)C)c1O. The summed E-state index contributed by atoms with van der Waals surface area (Å²) in [5.41, 5.74) is -0.528. The number of hydrogen-bond acceptors (Lipinski definition) is 7. The molecule has 0 bridgehead atoms. The number of amides is 1. The van der Waals surface area contributed by atoms with Crippen molar-refractivity contribution in [1.82, 2.24) is 10.3 Å². The highest BCUT2D eigenvalue weighted by Crippen LogP contribution is 2.33. The maximum Gasteiger partial charge on any atom is 0.416 e. The largest absolute Gasteiger partial charge is 0.503 e. The van der Waals surface area contributed by atoms with E-state index in [9.17, 15) is 27.9 Å². The van der Waals surface area contributed by atoms with Gasteiger partial charge in [-0.25, -0.2) is 9.78 Å². The van der Waals surface area contributed by atoms with Crippen LogP contribution in [-0.2, 0) is 15.7 Å². The minimum atomic E-state index is -4.49. The van der Waals surface area contributed by atoms with Gasteiger partial charge >= 0.3 is 12.1 Å². The molecule has 0 aliphatic heterocycles. The van der Waals surface area contributed by atoms with E-state index in [0.29, 0.717) is 5.56 Å². The van der Waals surface area contributed by atoms with Gasteiger partial charge < -0.3 is 24.6 Å². The Morgan fingerprint density at radius 3 is 2.18 bits per heavy atom. The average molecular weight is 547 g/mol. The van der Waals surface area contributed by atoms with Crippen molar-refractivity contribution in [3.05, 3.63) is 83.7 Å². The summed E-state index contributed by atoms with van der Waals surface area (Å²) in [6.45, 7) is 4.97. The number of aromatic hydroxyl groups is 1. The lowest BCUT2D eigenvalue weighted by Crippen LogP contribution is -2.47. The lowest BCUT2D eigenvalue weighted by Gasteiger charge is -2.28. The normalized spacial score (nSPS) is 13.7. The second-order valence-electron chi connectivity index (χ2n) is 9.02. The molecule has 0 radical (unpaired) electrons. The molecular weight excluding hydrogens is 517 g/mol. The molecule has 0 aliphatic rings. The summed E-state index contributed by atoms with van der Waals surface area (Å²) < 4.78 is 55.6. The predicted octanol–water partition coefficient (Wildman–Crippen LogP) is 5.32. The Labute approximate surface area is 223 Å². The number of nitrogens with one attached hydrogen (secondary N) is 1. The zero-order valence-electron chi connectivity index (χ0n) is 21.7. The van der Waals surface area contributed by atoms with Crippen molar-refractivity contribution in [2.75, 3.05) is 7.11 Å². The summed E-state index contributed by atoms with van der Waals surface area (Å²) in [6, 6.07) is 13.2. The van der Waals surface area contributed by atoms with Crippen molar-refractivity contribution >= 4 is 11.9 Å². The van der Waals surface area contributed by atoms with Gasteiger partial charge in [0.25, 0.3) is 5.91 Å². The molecule has 0 unspecified atom stereocenters. The molecule has 11 heteroatoms. The topological polar surface area (TPSA) is 107 Å². The lowest BCUT2D eigenvalue weighted by molar-refractivity contribution is -0.156. The second kappa shape index (κ2) is 12.5. The van der Waals surface area contributed by atoms with E-state index in [0.717, 1.165) is 12.1 Å². The fraction of sp³-hybridized carbons (Fsp3) is 0.321. The van der Waals surface area contributed by atoms with E-state index in [4.69, 9.17) is 14.2 Å². The highest BCUT2D eigenvalue weighted by molar-refractivity contribution is 5.98. The number of carbonyl (C=O) groups is 2. The van der Waals surface area contributed by atoms with Gasteiger partial charge in [-0.05, 0) is 42.7 Å². The van der Waals surface area contributed by atoms with Crippen molar-refractivity contribution in [2.45, 2.75) is 45.2 Å². The van der Waals surface area contributed by atoms with Gasteiger partial charge in [-0.2, -0.15) is 13.2 Å². The van der Waals surface area contributed by atoms with Crippen LogP contribution in [0.5, 0.6) is 17.2 Å².